The van der Waals surface area contributed by atoms with Crippen molar-refractivity contribution in [2.75, 3.05) is 0 Å². The molecule has 1 aromatic heterocycles. The van der Waals surface area contributed by atoms with Crippen molar-refractivity contribution < 1.29 is 4.79 Å². The number of hydrogen-bond donors (Lipinski definition) is 1. The molecule has 0 atom stereocenters. The Balaban J connectivity index is 2.12. The predicted molar refractivity (Wildman–Crippen MR) is 77.1 cm³/mol. The number of carbonyl (C=O) groups is 1. The van der Waals surface area contributed by atoms with E-state index in [9.17, 15) is 10.1 Å². The summed E-state index contributed by atoms with van der Waals surface area (Å²) in [5.74, 6) is -0.169. The van der Waals surface area contributed by atoms with Gasteiger partial charge in [0, 0.05) is 17.5 Å². The summed E-state index contributed by atoms with van der Waals surface area (Å²) in [4.78, 5) is 16.4. The van der Waals surface area contributed by atoms with Crippen LogP contribution in [0.1, 0.15) is 61.0 Å². The number of hydrogen-bond acceptors (Lipinski definition) is 3. The van der Waals surface area contributed by atoms with Crippen molar-refractivity contribution in [1.82, 2.24) is 10.3 Å². The number of pyridine rings is 1. The average Bonchev–Trinajstić information content (AvgIpc) is 2.42. The number of nitrogens with one attached hydrogen (secondary N) is 1. The van der Waals surface area contributed by atoms with Crippen molar-refractivity contribution in [2.45, 2.75) is 57.4 Å². The van der Waals surface area contributed by atoms with Crippen LogP contribution in [0.3, 0.4) is 0 Å². The third-order valence-corrected chi connectivity index (χ3v) is 3.93. The minimum Gasteiger partial charge on any atom is -0.334 e. The SMILES string of the molecule is Cc1cc(C(=O)NC2(C#N)CCCCCCC2)ccn1. The molecule has 0 bridgehead atoms. The van der Waals surface area contributed by atoms with Gasteiger partial charge in [-0.25, -0.2) is 0 Å². The van der Waals surface area contributed by atoms with Gasteiger partial charge in [0.1, 0.15) is 5.54 Å². The fourth-order valence-corrected chi connectivity index (χ4v) is 2.75. The summed E-state index contributed by atoms with van der Waals surface area (Å²) in [7, 11) is 0. The highest BCUT2D eigenvalue weighted by molar-refractivity contribution is 5.94. The molecule has 1 saturated carbocycles. The molecule has 0 aliphatic heterocycles. The van der Waals surface area contributed by atoms with Crippen LogP contribution >= 0.6 is 0 Å². The fourth-order valence-electron chi connectivity index (χ4n) is 2.75. The molecule has 4 heteroatoms. The molecular weight excluding hydrogens is 250 g/mol. The topological polar surface area (TPSA) is 65.8 Å². The normalized spacial score (nSPS) is 18.4. The van der Waals surface area contributed by atoms with E-state index < -0.39 is 5.54 Å². The zero-order valence-corrected chi connectivity index (χ0v) is 12.0. The van der Waals surface area contributed by atoms with Gasteiger partial charge in [0.2, 0.25) is 0 Å². The van der Waals surface area contributed by atoms with E-state index in [2.05, 4.69) is 16.4 Å². The molecule has 1 heterocycles. The van der Waals surface area contributed by atoms with Crippen LogP contribution in [0, 0.1) is 18.3 Å². The molecule has 1 fully saturated rings. The maximum absolute atomic E-state index is 12.3. The first-order chi connectivity index (χ1) is 9.65. The highest BCUT2D eigenvalue weighted by Crippen LogP contribution is 2.26. The number of aromatic nitrogens is 1. The summed E-state index contributed by atoms with van der Waals surface area (Å²) >= 11 is 0. The summed E-state index contributed by atoms with van der Waals surface area (Å²) in [5.41, 5.74) is 0.685. The predicted octanol–water partition coefficient (Wildman–Crippen LogP) is 3.13. The van der Waals surface area contributed by atoms with Gasteiger partial charge in [0.15, 0.2) is 0 Å². The highest BCUT2D eigenvalue weighted by atomic mass is 16.1. The standard InChI is InChI=1S/C16H21N3O/c1-13-11-14(7-10-18-13)15(20)19-16(12-17)8-5-3-2-4-6-9-16/h7,10-11H,2-6,8-9H2,1H3,(H,19,20). The van der Waals surface area contributed by atoms with Gasteiger partial charge in [-0.05, 0) is 31.9 Å². The van der Waals surface area contributed by atoms with Crippen LogP contribution < -0.4 is 5.32 Å². The van der Waals surface area contributed by atoms with Gasteiger partial charge in [-0.3, -0.25) is 9.78 Å². The molecule has 0 unspecified atom stereocenters. The molecule has 1 aliphatic rings. The minimum absolute atomic E-state index is 0.169. The Morgan fingerprint density at radius 2 is 1.95 bits per heavy atom. The van der Waals surface area contributed by atoms with E-state index in [4.69, 9.17) is 0 Å². The first-order valence-electron chi connectivity index (χ1n) is 7.32. The molecule has 106 valence electrons. The first kappa shape index (κ1) is 14.5. The van der Waals surface area contributed by atoms with E-state index in [-0.39, 0.29) is 5.91 Å². The molecule has 1 aliphatic carbocycles. The maximum atomic E-state index is 12.3. The monoisotopic (exact) mass is 271 g/mol. The van der Waals surface area contributed by atoms with Crippen molar-refractivity contribution >= 4 is 5.91 Å². The second-order valence-corrected chi connectivity index (χ2v) is 5.60. The van der Waals surface area contributed by atoms with Crippen LogP contribution in [-0.4, -0.2) is 16.4 Å². The second-order valence-electron chi connectivity index (χ2n) is 5.60. The van der Waals surface area contributed by atoms with E-state index in [0.717, 1.165) is 44.2 Å². The van der Waals surface area contributed by atoms with Crippen LogP contribution in [-0.2, 0) is 0 Å². The summed E-state index contributed by atoms with van der Waals surface area (Å²) in [5, 5.41) is 12.5. The van der Waals surface area contributed by atoms with E-state index in [1.165, 1.54) is 6.42 Å². The first-order valence-corrected chi connectivity index (χ1v) is 7.32. The van der Waals surface area contributed by atoms with Crippen molar-refractivity contribution in [3.63, 3.8) is 0 Å². The van der Waals surface area contributed by atoms with Crippen molar-refractivity contribution in [3.05, 3.63) is 29.6 Å². The lowest BCUT2D eigenvalue weighted by atomic mass is 9.85. The number of nitriles is 1. The van der Waals surface area contributed by atoms with E-state index in [0.29, 0.717) is 5.56 Å². The van der Waals surface area contributed by atoms with Gasteiger partial charge < -0.3 is 5.32 Å². The number of amides is 1. The quantitative estimate of drug-likeness (QED) is 0.898. The molecule has 0 aromatic carbocycles. The molecule has 0 spiro atoms. The van der Waals surface area contributed by atoms with Crippen LogP contribution in [0.5, 0.6) is 0 Å². The van der Waals surface area contributed by atoms with E-state index in [1.807, 2.05) is 6.92 Å². The number of carbonyl (C=O) groups excluding carboxylic acids is 1. The largest absolute Gasteiger partial charge is 0.334 e. The van der Waals surface area contributed by atoms with Crippen LogP contribution in [0.25, 0.3) is 0 Å². The van der Waals surface area contributed by atoms with Gasteiger partial charge >= 0.3 is 0 Å². The third kappa shape index (κ3) is 3.57. The van der Waals surface area contributed by atoms with Crippen LogP contribution in [0.15, 0.2) is 18.3 Å². The Hall–Kier alpha value is -1.89. The molecule has 1 aromatic rings. The molecule has 20 heavy (non-hydrogen) atoms. The molecule has 4 nitrogen and oxygen atoms in total. The molecule has 1 N–H and O–H groups in total. The van der Waals surface area contributed by atoms with Gasteiger partial charge in [0.05, 0.1) is 6.07 Å². The summed E-state index contributed by atoms with van der Waals surface area (Å²) < 4.78 is 0. The summed E-state index contributed by atoms with van der Waals surface area (Å²) in [6, 6.07) is 5.80. The Labute approximate surface area is 120 Å². The Morgan fingerprint density at radius 3 is 2.55 bits per heavy atom. The lowest BCUT2D eigenvalue weighted by molar-refractivity contribution is 0.0907. The fraction of sp³-hybridized carbons (Fsp3) is 0.562. The molecule has 0 radical (unpaired) electrons. The molecular formula is C16H21N3O. The summed E-state index contributed by atoms with van der Waals surface area (Å²) in [6.07, 6.45) is 8.66. The molecule has 2 rings (SSSR count). The molecule has 1 amide bonds. The number of aryl methyl sites for hydroxylation is 1. The Kier molecular flexibility index (Phi) is 4.73. The van der Waals surface area contributed by atoms with Crippen LogP contribution in [0.4, 0.5) is 0 Å². The molecule has 0 saturated heterocycles. The van der Waals surface area contributed by atoms with E-state index >= 15 is 0 Å². The highest BCUT2D eigenvalue weighted by Gasteiger charge is 2.32. The van der Waals surface area contributed by atoms with Crippen LogP contribution in [0.2, 0.25) is 0 Å². The van der Waals surface area contributed by atoms with E-state index in [1.54, 1.807) is 18.3 Å². The minimum atomic E-state index is -0.700. The lowest BCUT2D eigenvalue weighted by Crippen LogP contribution is -2.47. The third-order valence-electron chi connectivity index (χ3n) is 3.93. The Bertz CT molecular complexity index is 511. The number of nitrogens with zero attached hydrogens (tertiary/aromatic N) is 2. The lowest BCUT2D eigenvalue weighted by Gasteiger charge is -2.29. The zero-order valence-electron chi connectivity index (χ0n) is 12.0. The van der Waals surface area contributed by atoms with Crippen molar-refractivity contribution in [3.8, 4) is 6.07 Å². The van der Waals surface area contributed by atoms with Crippen molar-refractivity contribution in [1.29, 1.82) is 5.26 Å². The summed E-state index contributed by atoms with van der Waals surface area (Å²) in [6.45, 7) is 1.85. The Morgan fingerprint density at radius 1 is 1.30 bits per heavy atom. The van der Waals surface area contributed by atoms with Gasteiger partial charge in [0.25, 0.3) is 5.91 Å². The average molecular weight is 271 g/mol. The van der Waals surface area contributed by atoms with Crippen molar-refractivity contribution in [2.24, 2.45) is 0 Å². The zero-order chi connectivity index (χ0) is 14.4. The smallest absolute Gasteiger partial charge is 0.252 e. The number of rotatable bonds is 2. The van der Waals surface area contributed by atoms with Gasteiger partial charge in [-0.15, -0.1) is 0 Å². The van der Waals surface area contributed by atoms with Gasteiger partial charge in [-0.2, -0.15) is 5.26 Å². The maximum Gasteiger partial charge on any atom is 0.252 e. The van der Waals surface area contributed by atoms with Gasteiger partial charge in [-0.1, -0.05) is 32.1 Å². The second kappa shape index (κ2) is 6.51.